The molecule has 0 heterocycles. The number of phenols is 1. The standard InChI is InChI=1S/C19H31N5O4/c1-12(13-6-8-14(25)9-7-13)24-15(26)19(22,10-5-11-23-17(20)21)16(27)28-18(2,3)4/h6-9,12,25H,5,10-11,22H2,1-4H3,(H,24,26)(H4,20,21,23)/t12?,19-/m1/s1. The van der Waals surface area contributed by atoms with E-state index in [0.717, 1.165) is 5.56 Å². The van der Waals surface area contributed by atoms with Gasteiger partial charge in [0.25, 0.3) is 5.91 Å². The highest BCUT2D eigenvalue weighted by atomic mass is 16.6. The number of benzene rings is 1. The van der Waals surface area contributed by atoms with Crippen molar-refractivity contribution in [2.45, 2.75) is 57.7 Å². The van der Waals surface area contributed by atoms with E-state index >= 15 is 0 Å². The number of phenolic OH excluding ortho intramolecular Hbond substituents is 1. The third-order valence-electron chi connectivity index (χ3n) is 3.93. The maximum Gasteiger partial charge on any atom is 0.336 e. The number of esters is 1. The monoisotopic (exact) mass is 393 g/mol. The Labute approximate surface area is 165 Å². The summed E-state index contributed by atoms with van der Waals surface area (Å²) >= 11 is 0. The fraction of sp³-hybridized carbons (Fsp3) is 0.526. The van der Waals surface area contributed by atoms with Gasteiger partial charge >= 0.3 is 5.97 Å². The number of nitrogens with two attached hydrogens (primary N) is 3. The second-order valence-electron chi connectivity index (χ2n) is 7.67. The average Bonchev–Trinajstić information content (AvgIpc) is 2.57. The zero-order chi connectivity index (χ0) is 21.5. The molecule has 28 heavy (non-hydrogen) atoms. The highest BCUT2D eigenvalue weighted by molar-refractivity contribution is 6.07. The lowest BCUT2D eigenvalue weighted by Gasteiger charge is -2.31. The van der Waals surface area contributed by atoms with Crippen molar-refractivity contribution in [1.29, 1.82) is 0 Å². The molecule has 1 aromatic rings. The van der Waals surface area contributed by atoms with Crippen molar-refractivity contribution < 1.29 is 19.4 Å². The van der Waals surface area contributed by atoms with Gasteiger partial charge in [0.15, 0.2) is 11.5 Å². The molecule has 0 saturated carbocycles. The number of hydrogen-bond acceptors (Lipinski definition) is 6. The largest absolute Gasteiger partial charge is 0.508 e. The molecule has 1 amide bonds. The van der Waals surface area contributed by atoms with Gasteiger partial charge in [-0.25, -0.2) is 4.79 Å². The fourth-order valence-electron chi connectivity index (χ4n) is 2.42. The summed E-state index contributed by atoms with van der Waals surface area (Å²) in [7, 11) is 0. The van der Waals surface area contributed by atoms with E-state index in [1.54, 1.807) is 39.8 Å². The number of carbonyl (C=O) groups is 2. The molecule has 0 bridgehead atoms. The molecule has 9 nitrogen and oxygen atoms in total. The Hall–Kier alpha value is -2.81. The van der Waals surface area contributed by atoms with Gasteiger partial charge in [0.05, 0.1) is 6.04 Å². The first-order valence-electron chi connectivity index (χ1n) is 9.03. The molecule has 1 rings (SSSR count). The fourth-order valence-corrected chi connectivity index (χ4v) is 2.42. The minimum atomic E-state index is -1.89. The summed E-state index contributed by atoms with van der Waals surface area (Å²) in [6.07, 6.45) is 0.321. The van der Waals surface area contributed by atoms with E-state index in [2.05, 4.69) is 10.3 Å². The van der Waals surface area contributed by atoms with Crippen LogP contribution in [0.25, 0.3) is 0 Å². The summed E-state index contributed by atoms with van der Waals surface area (Å²) in [5.74, 6) is -1.44. The first-order chi connectivity index (χ1) is 12.8. The number of nitrogens with zero attached hydrogens (tertiary/aromatic N) is 1. The summed E-state index contributed by atoms with van der Waals surface area (Å²) in [4.78, 5) is 29.4. The van der Waals surface area contributed by atoms with Crippen molar-refractivity contribution in [2.24, 2.45) is 22.2 Å². The maximum atomic E-state index is 12.9. The molecule has 9 heteroatoms. The van der Waals surface area contributed by atoms with Crippen LogP contribution in [0.15, 0.2) is 29.3 Å². The van der Waals surface area contributed by atoms with Crippen LogP contribution in [-0.4, -0.2) is 40.6 Å². The van der Waals surface area contributed by atoms with Crippen LogP contribution in [0.3, 0.4) is 0 Å². The average molecular weight is 393 g/mol. The van der Waals surface area contributed by atoms with Crippen LogP contribution in [0.1, 0.15) is 52.1 Å². The van der Waals surface area contributed by atoms with Gasteiger partial charge in [0, 0.05) is 6.54 Å². The first-order valence-corrected chi connectivity index (χ1v) is 9.03. The summed E-state index contributed by atoms with van der Waals surface area (Å²) in [6.45, 7) is 7.06. The molecular weight excluding hydrogens is 362 g/mol. The van der Waals surface area contributed by atoms with Gasteiger partial charge < -0.3 is 32.4 Å². The molecule has 0 radical (unpaired) electrons. The van der Waals surface area contributed by atoms with Crippen molar-refractivity contribution in [1.82, 2.24) is 5.32 Å². The molecule has 8 N–H and O–H groups in total. The van der Waals surface area contributed by atoms with Gasteiger partial charge in [-0.1, -0.05) is 12.1 Å². The molecule has 0 aliphatic heterocycles. The van der Waals surface area contributed by atoms with E-state index in [0.29, 0.717) is 6.42 Å². The Morgan fingerprint density at radius 3 is 2.29 bits per heavy atom. The molecule has 1 unspecified atom stereocenters. The first kappa shape index (κ1) is 23.2. The number of aromatic hydroxyl groups is 1. The van der Waals surface area contributed by atoms with Gasteiger partial charge in [-0.2, -0.15) is 0 Å². The second kappa shape index (κ2) is 9.41. The van der Waals surface area contributed by atoms with Crippen LogP contribution in [0.5, 0.6) is 5.75 Å². The van der Waals surface area contributed by atoms with E-state index in [9.17, 15) is 14.7 Å². The van der Waals surface area contributed by atoms with Gasteiger partial charge in [-0.05, 0) is 58.2 Å². The molecule has 156 valence electrons. The minimum Gasteiger partial charge on any atom is -0.508 e. The molecule has 0 spiro atoms. The predicted molar refractivity (Wildman–Crippen MR) is 107 cm³/mol. The van der Waals surface area contributed by atoms with E-state index < -0.39 is 29.1 Å². The summed E-state index contributed by atoms with van der Waals surface area (Å²) in [5, 5.41) is 12.1. The normalized spacial score (nSPS) is 14.5. The number of amides is 1. The van der Waals surface area contributed by atoms with Crippen LogP contribution < -0.4 is 22.5 Å². The Bertz CT molecular complexity index is 708. The third-order valence-corrected chi connectivity index (χ3v) is 3.93. The van der Waals surface area contributed by atoms with Crippen molar-refractivity contribution in [3.8, 4) is 5.75 Å². The maximum absolute atomic E-state index is 12.9. The van der Waals surface area contributed by atoms with Crippen LogP contribution >= 0.6 is 0 Å². The van der Waals surface area contributed by atoms with Gasteiger partial charge in [-0.3, -0.25) is 9.79 Å². The van der Waals surface area contributed by atoms with E-state index in [4.69, 9.17) is 21.9 Å². The van der Waals surface area contributed by atoms with Gasteiger partial charge in [0.1, 0.15) is 11.4 Å². The van der Waals surface area contributed by atoms with Crippen molar-refractivity contribution in [2.75, 3.05) is 6.54 Å². The van der Waals surface area contributed by atoms with Crippen LogP contribution in [0.4, 0.5) is 0 Å². The third kappa shape index (κ3) is 7.07. The van der Waals surface area contributed by atoms with Gasteiger partial charge in [0.2, 0.25) is 0 Å². The number of ether oxygens (including phenoxy) is 1. The molecule has 2 atom stereocenters. The smallest absolute Gasteiger partial charge is 0.336 e. The number of aliphatic imine (C=N–C) groups is 1. The van der Waals surface area contributed by atoms with Crippen LogP contribution in [-0.2, 0) is 14.3 Å². The lowest BCUT2D eigenvalue weighted by Crippen LogP contribution is -2.61. The molecule has 0 aliphatic rings. The molecule has 0 aliphatic carbocycles. The number of guanidine groups is 1. The number of rotatable bonds is 8. The topological polar surface area (TPSA) is 166 Å². The van der Waals surface area contributed by atoms with Gasteiger partial charge in [-0.15, -0.1) is 0 Å². The SMILES string of the molecule is CC(NC(=O)[C@](N)(CCCN=C(N)N)C(=O)OC(C)(C)C)c1ccc(O)cc1. The van der Waals surface area contributed by atoms with Crippen LogP contribution in [0, 0.1) is 0 Å². The van der Waals surface area contributed by atoms with Crippen LogP contribution in [0.2, 0.25) is 0 Å². The lowest BCUT2D eigenvalue weighted by atomic mass is 9.92. The highest BCUT2D eigenvalue weighted by Crippen LogP contribution is 2.21. The van der Waals surface area contributed by atoms with Crippen molar-refractivity contribution in [3.63, 3.8) is 0 Å². The molecule has 1 aromatic carbocycles. The zero-order valence-electron chi connectivity index (χ0n) is 16.9. The lowest BCUT2D eigenvalue weighted by molar-refractivity contribution is -0.165. The molecular formula is C19H31N5O4. The quantitative estimate of drug-likeness (QED) is 0.142. The van der Waals surface area contributed by atoms with E-state index in [-0.39, 0.29) is 24.7 Å². The summed E-state index contributed by atoms with van der Waals surface area (Å²) < 4.78 is 5.36. The van der Waals surface area contributed by atoms with Crippen molar-refractivity contribution >= 4 is 17.8 Å². The Morgan fingerprint density at radius 1 is 1.21 bits per heavy atom. The predicted octanol–water partition coefficient (Wildman–Crippen LogP) is 0.662. The van der Waals surface area contributed by atoms with E-state index in [1.165, 1.54) is 12.1 Å². The second-order valence-corrected chi connectivity index (χ2v) is 7.67. The number of nitrogens with one attached hydrogen (secondary N) is 1. The van der Waals surface area contributed by atoms with Crippen molar-refractivity contribution in [3.05, 3.63) is 29.8 Å². The summed E-state index contributed by atoms with van der Waals surface area (Å²) in [6, 6.07) is 5.93. The number of hydrogen-bond donors (Lipinski definition) is 5. The summed E-state index contributed by atoms with van der Waals surface area (Å²) in [5.41, 5.74) is 14.9. The Kier molecular flexibility index (Phi) is 7.80. The highest BCUT2D eigenvalue weighted by Gasteiger charge is 2.45. The molecule has 0 saturated heterocycles. The molecule has 0 fully saturated rings. The minimum absolute atomic E-state index is 0.00677. The van der Waals surface area contributed by atoms with E-state index in [1.807, 2.05) is 0 Å². The number of carbonyl (C=O) groups excluding carboxylic acids is 2. The Balaban J connectivity index is 2.97. The Morgan fingerprint density at radius 2 is 1.79 bits per heavy atom. The zero-order valence-corrected chi connectivity index (χ0v) is 16.9. The molecule has 0 aromatic heterocycles.